The molecule has 0 saturated heterocycles. The lowest BCUT2D eigenvalue weighted by atomic mass is 10.0. The Morgan fingerprint density at radius 3 is 2.62 bits per heavy atom. The molecule has 112 valence electrons. The molecule has 1 heterocycles. The third kappa shape index (κ3) is 4.56. The van der Waals surface area contributed by atoms with Gasteiger partial charge in [0.25, 0.3) is 0 Å². The topological polar surface area (TPSA) is 38.3 Å². The van der Waals surface area contributed by atoms with Crippen molar-refractivity contribution in [3.05, 3.63) is 56.7 Å². The van der Waals surface area contributed by atoms with Gasteiger partial charge in [0.1, 0.15) is 0 Å². The van der Waals surface area contributed by atoms with Crippen molar-refractivity contribution >= 4 is 28.9 Å². The van der Waals surface area contributed by atoms with E-state index in [4.69, 9.17) is 16.3 Å². The molecule has 0 fully saturated rings. The molecule has 3 nitrogen and oxygen atoms in total. The van der Waals surface area contributed by atoms with Crippen LogP contribution < -0.4 is 5.32 Å². The zero-order valence-electron chi connectivity index (χ0n) is 12.1. The van der Waals surface area contributed by atoms with E-state index in [9.17, 15) is 4.79 Å². The first-order valence-electron chi connectivity index (χ1n) is 6.72. The Labute approximate surface area is 133 Å². The molecule has 0 aliphatic carbocycles. The van der Waals surface area contributed by atoms with Crippen molar-refractivity contribution in [1.29, 1.82) is 0 Å². The summed E-state index contributed by atoms with van der Waals surface area (Å²) in [6, 6.07) is 12.1. The fourth-order valence-electron chi connectivity index (χ4n) is 2.05. The molecule has 0 bridgehead atoms. The average molecular weight is 324 g/mol. The van der Waals surface area contributed by atoms with E-state index in [1.54, 1.807) is 11.3 Å². The highest BCUT2D eigenvalue weighted by molar-refractivity contribution is 7.16. The van der Waals surface area contributed by atoms with Gasteiger partial charge in [0.15, 0.2) is 0 Å². The maximum atomic E-state index is 11.4. The number of ether oxygens (including phenoxy) is 1. The van der Waals surface area contributed by atoms with E-state index in [1.165, 1.54) is 12.0 Å². The number of benzene rings is 1. The predicted octanol–water partition coefficient (Wildman–Crippen LogP) is 3.97. The molecule has 1 unspecified atom stereocenters. The number of carbonyl (C=O) groups excluding carboxylic acids is 1. The molecule has 1 atom stereocenters. The molecule has 0 aliphatic rings. The van der Waals surface area contributed by atoms with Crippen molar-refractivity contribution in [2.75, 3.05) is 7.11 Å². The standard InChI is InChI=1S/C16H18ClNO2S/c1-11(14-7-8-15(17)21-14)18-10-13-6-4-3-5-12(13)9-16(19)20-2/h3-8,11,18H,9-10H2,1-2H3. The fourth-order valence-corrected chi connectivity index (χ4v) is 3.14. The maximum Gasteiger partial charge on any atom is 0.309 e. The van der Waals surface area contributed by atoms with Gasteiger partial charge < -0.3 is 10.1 Å². The first kappa shape index (κ1) is 16.0. The van der Waals surface area contributed by atoms with Gasteiger partial charge in [0, 0.05) is 17.5 Å². The van der Waals surface area contributed by atoms with Gasteiger partial charge in [-0.25, -0.2) is 0 Å². The summed E-state index contributed by atoms with van der Waals surface area (Å²) < 4.78 is 5.53. The number of nitrogens with one attached hydrogen (secondary N) is 1. The van der Waals surface area contributed by atoms with Crippen LogP contribution in [0.3, 0.4) is 0 Å². The highest BCUT2D eigenvalue weighted by atomic mass is 35.5. The van der Waals surface area contributed by atoms with Gasteiger partial charge >= 0.3 is 5.97 Å². The minimum Gasteiger partial charge on any atom is -0.469 e. The Bertz CT molecular complexity index is 612. The predicted molar refractivity (Wildman–Crippen MR) is 86.7 cm³/mol. The maximum absolute atomic E-state index is 11.4. The van der Waals surface area contributed by atoms with Crippen LogP contribution in [0.1, 0.15) is 29.0 Å². The van der Waals surface area contributed by atoms with Crippen LogP contribution in [0.4, 0.5) is 0 Å². The molecule has 21 heavy (non-hydrogen) atoms. The molecule has 5 heteroatoms. The Hall–Kier alpha value is -1.36. The summed E-state index contributed by atoms with van der Waals surface area (Å²) >= 11 is 7.54. The zero-order chi connectivity index (χ0) is 15.2. The van der Waals surface area contributed by atoms with Crippen LogP contribution in [0.2, 0.25) is 4.34 Å². The van der Waals surface area contributed by atoms with Crippen LogP contribution in [-0.2, 0) is 22.5 Å². The highest BCUT2D eigenvalue weighted by Crippen LogP contribution is 2.27. The lowest BCUT2D eigenvalue weighted by molar-refractivity contribution is -0.139. The molecular weight excluding hydrogens is 306 g/mol. The Morgan fingerprint density at radius 2 is 2.00 bits per heavy atom. The van der Waals surface area contributed by atoms with Gasteiger partial charge in [-0.2, -0.15) is 0 Å². The van der Waals surface area contributed by atoms with E-state index in [1.807, 2.05) is 36.4 Å². The lowest BCUT2D eigenvalue weighted by Gasteiger charge is -2.14. The Kier molecular flexibility index (Phi) is 5.79. The van der Waals surface area contributed by atoms with Crippen LogP contribution in [0, 0.1) is 0 Å². The first-order chi connectivity index (χ1) is 10.1. The number of halogens is 1. The van der Waals surface area contributed by atoms with Crippen LogP contribution in [0.5, 0.6) is 0 Å². The van der Waals surface area contributed by atoms with Crippen molar-refractivity contribution < 1.29 is 9.53 Å². The minimum absolute atomic E-state index is 0.216. The summed E-state index contributed by atoms with van der Waals surface area (Å²) in [6.45, 7) is 2.80. The number of rotatable bonds is 6. The second-order valence-corrected chi connectivity index (χ2v) is 6.51. The third-order valence-corrected chi connectivity index (χ3v) is 4.71. The number of methoxy groups -OCH3 is 1. The van der Waals surface area contributed by atoms with E-state index >= 15 is 0 Å². The van der Waals surface area contributed by atoms with Crippen molar-refractivity contribution in [2.24, 2.45) is 0 Å². The number of hydrogen-bond acceptors (Lipinski definition) is 4. The minimum atomic E-state index is -0.222. The number of esters is 1. The first-order valence-corrected chi connectivity index (χ1v) is 7.92. The molecule has 2 rings (SSSR count). The molecule has 1 aromatic carbocycles. The molecular formula is C16H18ClNO2S. The molecule has 0 amide bonds. The molecule has 0 radical (unpaired) electrons. The van der Waals surface area contributed by atoms with E-state index in [0.29, 0.717) is 13.0 Å². The summed E-state index contributed by atoms with van der Waals surface area (Å²) in [6.07, 6.45) is 0.299. The van der Waals surface area contributed by atoms with Crippen LogP contribution in [0.15, 0.2) is 36.4 Å². The third-order valence-electron chi connectivity index (χ3n) is 3.30. The van der Waals surface area contributed by atoms with E-state index in [0.717, 1.165) is 15.5 Å². The van der Waals surface area contributed by atoms with E-state index in [-0.39, 0.29) is 12.0 Å². The van der Waals surface area contributed by atoms with E-state index in [2.05, 4.69) is 12.2 Å². The van der Waals surface area contributed by atoms with Crippen molar-refractivity contribution in [3.63, 3.8) is 0 Å². The quantitative estimate of drug-likeness (QED) is 0.817. The van der Waals surface area contributed by atoms with Crippen molar-refractivity contribution in [3.8, 4) is 0 Å². The van der Waals surface area contributed by atoms with Crippen LogP contribution in [0.25, 0.3) is 0 Å². The molecule has 0 spiro atoms. The largest absolute Gasteiger partial charge is 0.469 e. The summed E-state index contributed by atoms with van der Waals surface area (Å²) in [7, 11) is 1.41. The zero-order valence-corrected chi connectivity index (χ0v) is 13.6. The van der Waals surface area contributed by atoms with Gasteiger partial charge in [0.2, 0.25) is 0 Å². The SMILES string of the molecule is COC(=O)Cc1ccccc1CNC(C)c1ccc(Cl)s1. The Morgan fingerprint density at radius 1 is 1.29 bits per heavy atom. The van der Waals surface area contributed by atoms with Crippen LogP contribution in [-0.4, -0.2) is 13.1 Å². The summed E-state index contributed by atoms with van der Waals surface area (Å²) in [5.41, 5.74) is 2.10. The van der Waals surface area contributed by atoms with E-state index < -0.39 is 0 Å². The lowest BCUT2D eigenvalue weighted by Crippen LogP contribution is -2.18. The van der Waals surface area contributed by atoms with Gasteiger partial charge in [-0.05, 0) is 30.2 Å². The molecule has 1 N–H and O–H groups in total. The van der Waals surface area contributed by atoms with Gasteiger partial charge in [-0.3, -0.25) is 4.79 Å². The second-order valence-electron chi connectivity index (χ2n) is 4.77. The molecule has 2 aromatic rings. The molecule has 0 aliphatic heterocycles. The summed E-state index contributed by atoms with van der Waals surface area (Å²) in [5, 5.41) is 3.46. The second kappa shape index (κ2) is 7.59. The van der Waals surface area contributed by atoms with Crippen molar-refractivity contribution in [1.82, 2.24) is 5.32 Å². The normalized spacial score (nSPS) is 12.1. The summed E-state index contributed by atoms with van der Waals surface area (Å²) in [4.78, 5) is 12.6. The smallest absolute Gasteiger partial charge is 0.309 e. The monoisotopic (exact) mass is 323 g/mol. The molecule has 1 aromatic heterocycles. The molecule has 0 saturated carbocycles. The van der Waals surface area contributed by atoms with Gasteiger partial charge in [-0.1, -0.05) is 35.9 Å². The summed E-state index contributed by atoms with van der Waals surface area (Å²) in [5.74, 6) is -0.222. The van der Waals surface area contributed by atoms with Crippen molar-refractivity contribution in [2.45, 2.75) is 25.9 Å². The Balaban J connectivity index is 2.01. The fraction of sp³-hybridized carbons (Fsp3) is 0.312. The number of carbonyl (C=O) groups is 1. The van der Waals surface area contributed by atoms with Gasteiger partial charge in [0.05, 0.1) is 17.9 Å². The average Bonchev–Trinajstić information content (AvgIpc) is 2.92. The van der Waals surface area contributed by atoms with Gasteiger partial charge in [-0.15, -0.1) is 11.3 Å². The highest BCUT2D eigenvalue weighted by Gasteiger charge is 2.11. The van der Waals surface area contributed by atoms with Crippen LogP contribution >= 0.6 is 22.9 Å². The number of hydrogen-bond donors (Lipinski definition) is 1. The number of thiophene rings is 1.